The summed E-state index contributed by atoms with van der Waals surface area (Å²) in [7, 11) is 0. The summed E-state index contributed by atoms with van der Waals surface area (Å²) in [5.74, 6) is -1.09. The predicted molar refractivity (Wildman–Crippen MR) is 77.4 cm³/mol. The van der Waals surface area contributed by atoms with Crippen molar-refractivity contribution < 1.29 is 14.7 Å². The van der Waals surface area contributed by atoms with Crippen molar-refractivity contribution in [2.75, 3.05) is 18.4 Å². The number of amides is 2. The van der Waals surface area contributed by atoms with E-state index in [-0.39, 0.29) is 16.6 Å². The van der Waals surface area contributed by atoms with E-state index in [1.807, 2.05) is 13.0 Å². The first-order valence-corrected chi connectivity index (χ1v) is 6.59. The van der Waals surface area contributed by atoms with Crippen molar-refractivity contribution in [3.63, 3.8) is 0 Å². The van der Waals surface area contributed by atoms with E-state index in [0.29, 0.717) is 18.8 Å². The van der Waals surface area contributed by atoms with Gasteiger partial charge in [-0.25, -0.2) is 9.59 Å². The number of carbonyl (C=O) groups excluding carboxylic acids is 1. The number of benzene rings is 1. The number of carbonyl (C=O) groups is 2. The molecule has 20 heavy (non-hydrogen) atoms. The number of hydrogen-bond acceptors (Lipinski definition) is 2. The van der Waals surface area contributed by atoms with Crippen molar-refractivity contribution in [3.05, 3.63) is 40.4 Å². The van der Waals surface area contributed by atoms with E-state index in [9.17, 15) is 9.59 Å². The van der Waals surface area contributed by atoms with Crippen molar-refractivity contribution in [3.8, 4) is 0 Å². The highest BCUT2D eigenvalue weighted by Crippen LogP contribution is 2.21. The van der Waals surface area contributed by atoms with E-state index < -0.39 is 5.97 Å². The number of carboxylic acid groups (broad SMARTS) is 1. The number of aromatic carboxylic acids is 1. The first-order chi connectivity index (χ1) is 9.47. The minimum atomic E-state index is -1.09. The molecular weight excluding hydrogens is 280 g/mol. The van der Waals surface area contributed by atoms with Crippen molar-refractivity contribution >= 4 is 29.3 Å². The van der Waals surface area contributed by atoms with Crippen LogP contribution in [0.15, 0.2) is 29.8 Å². The minimum absolute atomic E-state index is 0.0150. The Labute approximate surface area is 121 Å². The minimum Gasteiger partial charge on any atom is -0.478 e. The fraction of sp³-hybridized carbons (Fsp3) is 0.286. The van der Waals surface area contributed by atoms with Gasteiger partial charge >= 0.3 is 12.0 Å². The Balaban J connectivity index is 2.05. The molecule has 1 heterocycles. The average molecular weight is 295 g/mol. The molecule has 1 aliphatic heterocycles. The SMILES string of the molecule is CC1=CCN(C(=O)Nc2ccc(C(=O)O)c(Cl)c2)CC1. The number of nitrogens with zero attached hydrogens (tertiary/aromatic N) is 1. The quantitative estimate of drug-likeness (QED) is 0.823. The van der Waals surface area contributed by atoms with Crippen LogP contribution in [0.1, 0.15) is 23.7 Å². The molecule has 2 amide bonds. The zero-order valence-corrected chi connectivity index (χ0v) is 11.8. The number of hydrogen-bond donors (Lipinski definition) is 2. The molecule has 0 aliphatic carbocycles. The molecule has 0 bridgehead atoms. The molecule has 0 radical (unpaired) electrons. The summed E-state index contributed by atoms with van der Waals surface area (Å²) in [4.78, 5) is 24.6. The Bertz CT molecular complexity index is 584. The Morgan fingerprint density at radius 2 is 2.15 bits per heavy atom. The van der Waals surface area contributed by atoms with Crippen molar-refractivity contribution in [1.82, 2.24) is 4.90 Å². The highest BCUT2D eigenvalue weighted by atomic mass is 35.5. The lowest BCUT2D eigenvalue weighted by Gasteiger charge is -2.25. The second kappa shape index (κ2) is 5.96. The molecule has 1 aromatic rings. The van der Waals surface area contributed by atoms with E-state index in [0.717, 1.165) is 6.42 Å². The summed E-state index contributed by atoms with van der Waals surface area (Å²) in [5.41, 5.74) is 1.78. The fourth-order valence-electron chi connectivity index (χ4n) is 1.92. The highest BCUT2D eigenvalue weighted by molar-refractivity contribution is 6.33. The number of nitrogens with one attached hydrogen (secondary N) is 1. The summed E-state index contributed by atoms with van der Waals surface area (Å²) < 4.78 is 0. The van der Waals surface area contributed by atoms with Gasteiger partial charge in [-0.15, -0.1) is 0 Å². The Morgan fingerprint density at radius 3 is 2.70 bits per heavy atom. The fourth-order valence-corrected chi connectivity index (χ4v) is 2.19. The number of rotatable bonds is 2. The third-order valence-electron chi connectivity index (χ3n) is 3.17. The molecular formula is C14H15ClN2O3. The molecule has 0 saturated heterocycles. The van der Waals surface area contributed by atoms with Gasteiger partial charge in [-0.1, -0.05) is 23.3 Å². The van der Waals surface area contributed by atoms with E-state index in [2.05, 4.69) is 5.32 Å². The molecule has 1 aliphatic rings. The maximum atomic E-state index is 12.0. The maximum absolute atomic E-state index is 12.0. The van der Waals surface area contributed by atoms with Gasteiger partial charge in [-0.2, -0.15) is 0 Å². The second-order valence-electron chi connectivity index (χ2n) is 4.68. The molecule has 6 heteroatoms. The first-order valence-electron chi connectivity index (χ1n) is 6.22. The van der Waals surface area contributed by atoms with E-state index in [1.54, 1.807) is 4.90 Å². The zero-order chi connectivity index (χ0) is 14.7. The summed E-state index contributed by atoms with van der Waals surface area (Å²) in [6.07, 6.45) is 2.88. The lowest BCUT2D eigenvalue weighted by Crippen LogP contribution is -2.37. The van der Waals surface area contributed by atoms with Crippen LogP contribution in [0.4, 0.5) is 10.5 Å². The van der Waals surface area contributed by atoms with Crippen molar-refractivity contribution in [2.45, 2.75) is 13.3 Å². The van der Waals surface area contributed by atoms with Crippen molar-refractivity contribution in [2.24, 2.45) is 0 Å². The molecule has 2 N–H and O–H groups in total. The first kappa shape index (κ1) is 14.4. The van der Waals surface area contributed by atoms with E-state index >= 15 is 0 Å². The monoisotopic (exact) mass is 294 g/mol. The van der Waals surface area contributed by atoms with Crippen molar-refractivity contribution in [1.29, 1.82) is 0 Å². The van der Waals surface area contributed by atoms with Crippen LogP contribution in [0, 0.1) is 0 Å². The van der Waals surface area contributed by atoms with Gasteiger partial charge in [0.05, 0.1) is 10.6 Å². The van der Waals surface area contributed by atoms with Crippen LogP contribution in [-0.2, 0) is 0 Å². The molecule has 0 atom stereocenters. The Hall–Kier alpha value is -2.01. The lowest BCUT2D eigenvalue weighted by atomic mass is 10.1. The Kier molecular flexibility index (Phi) is 4.29. The smallest absolute Gasteiger partial charge is 0.337 e. The maximum Gasteiger partial charge on any atom is 0.337 e. The van der Waals surface area contributed by atoms with Crippen LogP contribution < -0.4 is 5.32 Å². The number of carboxylic acids is 1. The molecule has 1 aromatic carbocycles. The van der Waals surface area contributed by atoms with Gasteiger partial charge in [-0.05, 0) is 31.5 Å². The molecule has 106 valence electrons. The topological polar surface area (TPSA) is 69.6 Å². The number of anilines is 1. The molecule has 0 saturated carbocycles. The van der Waals surface area contributed by atoms with Gasteiger partial charge in [0.2, 0.25) is 0 Å². The number of urea groups is 1. The molecule has 0 unspecified atom stereocenters. The van der Waals surface area contributed by atoms with Crippen LogP contribution in [0.5, 0.6) is 0 Å². The van der Waals surface area contributed by atoms with Gasteiger partial charge in [0.15, 0.2) is 0 Å². The summed E-state index contributed by atoms with van der Waals surface area (Å²) in [6, 6.07) is 4.13. The summed E-state index contributed by atoms with van der Waals surface area (Å²) in [5, 5.41) is 11.7. The largest absolute Gasteiger partial charge is 0.478 e. The van der Waals surface area contributed by atoms with Crippen LogP contribution in [0.25, 0.3) is 0 Å². The second-order valence-corrected chi connectivity index (χ2v) is 5.08. The number of halogens is 1. The normalized spacial score (nSPS) is 14.7. The molecule has 0 spiro atoms. The van der Waals surface area contributed by atoms with Gasteiger partial charge in [0.25, 0.3) is 0 Å². The summed E-state index contributed by atoms with van der Waals surface area (Å²) >= 11 is 5.86. The van der Waals surface area contributed by atoms with Gasteiger partial charge < -0.3 is 15.3 Å². The third kappa shape index (κ3) is 3.30. The zero-order valence-electron chi connectivity index (χ0n) is 11.0. The predicted octanol–water partition coefficient (Wildman–Crippen LogP) is 3.22. The summed E-state index contributed by atoms with van der Waals surface area (Å²) in [6.45, 7) is 3.30. The van der Waals surface area contributed by atoms with Crippen LogP contribution >= 0.6 is 11.6 Å². The average Bonchev–Trinajstić information content (AvgIpc) is 2.39. The molecule has 5 nitrogen and oxygen atoms in total. The Morgan fingerprint density at radius 1 is 1.40 bits per heavy atom. The van der Waals surface area contributed by atoms with Gasteiger partial charge in [-0.3, -0.25) is 0 Å². The molecule has 0 fully saturated rings. The molecule has 2 rings (SSSR count). The van der Waals surface area contributed by atoms with E-state index in [1.165, 1.54) is 23.8 Å². The standard InChI is InChI=1S/C14H15ClN2O3/c1-9-4-6-17(7-5-9)14(20)16-10-2-3-11(13(18)19)12(15)8-10/h2-4,8H,5-7H2,1H3,(H,16,20)(H,18,19). The van der Waals surface area contributed by atoms with E-state index in [4.69, 9.17) is 16.7 Å². The third-order valence-corrected chi connectivity index (χ3v) is 3.49. The highest BCUT2D eigenvalue weighted by Gasteiger charge is 2.16. The van der Waals surface area contributed by atoms with Crippen LogP contribution in [0.2, 0.25) is 5.02 Å². The van der Waals surface area contributed by atoms with Crippen LogP contribution in [0.3, 0.4) is 0 Å². The lowest BCUT2D eigenvalue weighted by molar-refractivity contribution is 0.0697. The molecule has 0 aromatic heterocycles. The van der Waals surface area contributed by atoms with Gasteiger partial charge in [0.1, 0.15) is 0 Å². The van der Waals surface area contributed by atoms with Gasteiger partial charge in [0, 0.05) is 18.8 Å². The van der Waals surface area contributed by atoms with Crippen LogP contribution in [-0.4, -0.2) is 35.1 Å².